The molecule has 1 saturated heterocycles. The summed E-state index contributed by atoms with van der Waals surface area (Å²) < 4.78 is 4.91. The normalized spacial score (nSPS) is 15.3. The molecule has 2 heterocycles. The van der Waals surface area contributed by atoms with Gasteiger partial charge in [0, 0.05) is 24.7 Å². The molecule has 0 radical (unpaired) electrons. The van der Waals surface area contributed by atoms with E-state index >= 15 is 0 Å². The summed E-state index contributed by atoms with van der Waals surface area (Å²) in [6.45, 7) is 6.66. The number of esters is 1. The van der Waals surface area contributed by atoms with Crippen molar-refractivity contribution in [2.75, 3.05) is 25.0 Å². The maximum Gasteiger partial charge on any atom is 0.328 e. The lowest BCUT2D eigenvalue weighted by Gasteiger charge is -2.31. The molecule has 1 aromatic carbocycles. The van der Waals surface area contributed by atoms with Gasteiger partial charge in [0.2, 0.25) is 5.01 Å². The van der Waals surface area contributed by atoms with Crippen LogP contribution < -0.4 is 10.6 Å². The second-order valence-corrected chi connectivity index (χ2v) is 8.46. The number of anilines is 1. The summed E-state index contributed by atoms with van der Waals surface area (Å²) in [7, 11) is 0. The lowest BCUT2D eigenvalue weighted by Crippen LogP contribution is -2.49. The number of nitrogens with one attached hydrogen (secondary N) is 2. The lowest BCUT2D eigenvalue weighted by atomic mass is 9.98. The molecule has 0 unspecified atom stereocenters. The molecule has 10 heteroatoms. The Morgan fingerprint density at radius 2 is 1.87 bits per heavy atom. The maximum atomic E-state index is 12.4. The first-order chi connectivity index (χ1) is 14.9. The van der Waals surface area contributed by atoms with Gasteiger partial charge in [-0.25, -0.2) is 9.59 Å². The van der Waals surface area contributed by atoms with Crippen molar-refractivity contribution in [3.8, 4) is 0 Å². The minimum atomic E-state index is -0.692. The highest BCUT2D eigenvalue weighted by Crippen LogP contribution is 2.30. The van der Waals surface area contributed by atoms with E-state index < -0.39 is 12.0 Å². The number of urea groups is 1. The quantitative estimate of drug-likeness (QED) is 0.661. The Kier molecular flexibility index (Phi) is 7.56. The molecule has 166 valence electrons. The molecule has 3 amide bonds. The Bertz CT molecular complexity index is 922. The summed E-state index contributed by atoms with van der Waals surface area (Å²) in [5.41, 5.74) is 1.83. The molecule has 31 heavy (non-hydrogen) atoms. The second kappa shape index (κ2) is 10.3. The number of carbonyl (C=O) groups excluding carboxylic acids is 3. The number of carbonyl (C=O) groups is 3. The van der Waals surface area contributed by atoms with E-state index in [1.165, 1.54) is 11.3 Å². The van der Waals surface area contributed by atoms with Crippen molar-refractivity contribution in [3.63, 3.8) is 0 Å². The van der Waals surface area contributed by atoms with Gasteiger partial charge in [-0.3, -0.25) is 4.79 Å². The Hall–Kier alpha value is -3.01. The minimum Gasteiger partial charge on any atom is -0.464 e. The third kappa shape index (κ3) is 6.00. The molecule has 1 aliphatic heterocycles. The Morgan fingerprint density at radius 1 is 1.19 bits per heavy atom. The van der Waals surface area contributed by atoms with Crippen LogP contribution >= 0.6 is 11.3 Å². The molecule has 0 bridgehead atoms. The number of piperidine rings is 1. The highest BCUT2D eigenvalue weighted by Gasteiger charge is 2.28. The van der Waals surface area contributed by atoms with Crippen molar-refractivity contribution in [1.82, 2.24) is 20.4 Å². The van der Waals surface area contributed by atoms with Gasteiger partial charge in [-0.1, -0.05) is 29.0 Å². The number of hydrogen-bond acceptors (Lipinski definition) is 7. The molecule has 3 rings (SSSR count). The van der Waals surface area contributed by atoms with Gasteiger partial charge >= 0.3 is 12.0 Å². The van der Waals surface area contributed by atoms with E-state index in [4.69, 9.17) is 4.74 Å². The SMILES string of the molecule is CCOC(=O)[C@@H](C)NC(=O)N1CCC(c2nnc(C(=O)Nc3ccc(C)cc3)s2)CC1. The Labute approximate surface area is 185 Å². The first-order valence-corrected chi connectivity index (χ1v) is 11.1. The summed E-state index contributed by atoms with van der Waals surface area (Å²) in [5, 5.41) is 14.9. The summed E-state index contributed by atoms with van der Waals surface area (Å²) >= 11 is 1.29. The van der Waals surface area contributed by atoms with E-state index in [-0.39, 0.29) is 24.5 Å². The smallest absolute Gasteiger partial charge is 0.328 e. The number of aromatic nitrogens is 2. The van der Waals surface area contributed by atoms with Gasteiger partial charge in [-0.2, -0.15) is 0 Å². The van der Waals surface area contributed by atoms with E-state index in [0.29, 0.717) is 23.8 Å². The van der Waals surface area contributed by atoms with Crippen LogP contribution in [0.25, 0.3) is 0 Å². The minimum absolute atomic E-state index is 0.143. The van der Waals surface area contributed by atoms with Crippen LogP contribution in [0, 0.1) is 6.92 Å². The highest BCUT2D eigenvalue weighted by atomic mass is 32.1. The zero-order valence-electron chi connectivity index (χ0n) is 17.9. The number of amides is 3. The lowest BCUT2D eigenvalue weighted by molar-refractivity contribution is -0.144. The van der Waals surface area contributed by atoms with Gasteiger partial charge in [0.25, 0.3) is 5.91 Å². The number of likely N-dealkylation sites (tertiary alicyclic amines) is 1. The Balaban J connectivity index is 1.50. The molecule has 1 atom stereocenters. The van der Waals surface area contributed by atoms with Crippen molar-refractivity contribution in [1.29, 1.82) is 0 Å². The van der Waals surface area contributed by atoms with Crippen LogP contribution in [0.3, 0.4) is 0 Å². The number of hydrogen-bond donors (Lipinski definition) is 2. The van der Waals surface area contributed by atoms with E-state index in [2.05, 4.69) is 20.8 Å². The van der Waals surface area contributed by atoms with Crippen LogP contribution in [0.2, 0.25) is 0 Å². The second-order valence-electron chi connectivity index (χ2n) is 7.45. The zero-order chi connectivity index (χ0) is 22.4. The topological polar surface area (TPSA) is 114 Å². The first-order valence-electron chi connectivity index (χ1n) is 10.3. The molecule has 9 nitrogen and oxygen atoms in total. The van der Waals surface area contributed by atoms with Crippen molar-refractivity contribution < 1.29 is 19.1 Å². The van der Waals surface area contributed by atoms with Gasteiger partial charge < -0.3 is 20.3 Å². The molecule has 1 fully saturated rings. The van der Waals surface area contributed by atoms with Gasteiger partial charge in [0.05, 0.1) is 6.61 Å². The van der Waals surface area contributed by atoms with Crippen molar-refractivity contribution in [3.05, 3.63) is 39.8 Å². The first kappa shape index (κ1) is 22.7. The molecule has 1 aromatic heterocycles. The van der Waals surface area contributed by atoms with Crippen molar-refractivity contribution in [2.45, 2.75) is 45.6 Å². The number of ether oxygens (including phenoxy) is 1. The third-order valence-electron chi connectivity index (χ3n) is 5.06. The fraction of sp³-hybridized carbons (Fsp3) is 0.476. The number of nitrogens with zero attached hydrogens (tertiary/aromatic N) is 3. The number of rotatable bonds is 6. The molecular weight excluding hydrogens is 418 g/mol. The Morgan fingerprint density at radius 3 is 2.52 bits per heavy atom. The average molecular weight is 446 g/mol. The third-order valence-corrected chi connectivity index (χ3v) is 6.14. The van der Waals surface area contributed by atoms with Crippen LogP contribution in [0.15, 0.2) is 24.3 Å². The largest absolute Gasteiger partial charge is 0.464 e. The molecule has 1 aliphatic rings. The standard InChI is InChI=1S/C21H27N5O4S/c1-4-30-20(28)14(3)22-21(29)26-11-9-15(10-12-26)18-24-25-19(31-18)17(27)23-16-7-5-13(2)6-8-16/h5-8,14-15H,4,9-12H2,1-3H3,(H,22,29)(H,23,27)/t14-/m1/s1. The molecule has 0 spiro atoms. The van der Waals surface area contributed by atoms with E-state index in [0.717, 1.165) is 23.4 Å². The summed E-state index contributed by atoms with van der Waals surface area (Å²) in [5.74, 6) is -0.585. The summed E-state index contributed by atoms with van der Waals surface area (Å²) in [6, 6.07) is 6.58. The molecule has 0 aliphatic carbocycles. The van der Waals surface area contributed by atoms with Crippen LogP contribution in [-0.2, 0) is 9.53 Å². The van der Waals surface area contributed by atoms with Crippen LogP contribution in [0.1, 0.15) is 53.0 Å². The molecule has 2 aromatic rings. The monoisotopic (exact) mass is 445 g/mol. The molecule has 0 saturated carbocycles. The predicted octanol–water partition coefficient (Wildman–Crippen LogP) is 2.94. The fourth-order valence-electron chi connectivity index (χ4n) is 3.24. The summed E-state index contributed by atoms with van der Waals surface area (Å²) in [4.78, 5) is 38.2. The van der Waals surface area contributed by atoms with Gasteiger partial charge in [0.15, 0.2) is 0 Å². The van der Waals surface area contributed by atoms with Crippen molar-refractivity contribution in [2.24, 2.45) is 0 Å². The zero-order valence-corrected chi connectivity index (χ0v) is 18.7. The van der Waals surface area contributed by atoms with Crippen LogP contribution in [0.5, 0.6) is 0 Å². The molecule has 2 N–H and O–H groups in total. The van der Waals surface area contributed by atoms with Crippen LogP contribution in [-0.4, -0.2) is 58.7 Å². The number of aryl methyl sites for hydroxylation is 1. The van der Waals surface area contributed by atoms with E-state index in [1.54, 1.807) is 18.7 Å². The van der Waals surface area contributed by atoms with Gasteiger partial charge in [-0.15, -0.1) is 10.2 Å². The number of benzene rings is 1. The van der Waals surface area contributed by atoms with E-state index in [1.807, 2.05) is 31.2 Å². The average Bonchev–Trinajstić information content (AvgIpc) is 3.26. The van der Waals surface area contributed by atoms with Crippen molar-refractivity contribution >= 4 is 34.9 Å². The fourth-order valence-corrected chi connectivity index (χ4v) is 4.15. The van der Waals surface area contributed by atoms with Gasteiger partial charge in [-0.05, 0) is 45.7 Å². The highest BCUT2D eigenvalue weighted by molar-refractivity contribution is 7.13. The predicted molar refractivity (Wildman–Crippen MR) is 117 cm³/mol. The molecular formula is C21H27N5O4S. The van der Waals surface area contributed by atoms with E-state index in [9.17, 15) is 14.4 Å². The maximum absolute atomic E-state index is 12.4. The van der Waals surface area contributed by atoms with Crippen LogP contribution in [0.4, 0.5) is 10.5 Å². The van der Waals surface area contributed by atoms with Gasteiger partial charge in [0.1, 0.15) is 11.0 Å². The summed E-state index contributed by atoms with van der Waals surface area (Å²) in [6.07, 6.45) is 1.44.